The van der Waals surface area contributed by atoms with E-state index in [1.165, 1.54) is 12.8 Å². The maximum Gasteiger partial charge on any atom is 0.0612 e. The third kappa shape index (κ3) is 3.27. The smallest absolute Gasteiger partial charge is 0.0612 e. The molecule has 0 bridgehead atoms. The van der Waals surface area contributed by atoms with Crippen LogP contribution in [0, 0.1) is 5.92 Å². The zero-order chi connectivity index (χ0) is 11.4. The van der Waals surface area contributed by atoms with Gasteiger partial charge in [0.25, 0.3) is 0 Å². The van der Waals surface area contributed by atoms with Gasteiger partial charge in [0.15, 0.2) is 0 Å². The molecule has 0 radical (unpaired) electrons. The largest absolute Gasteiger partial charge is 0.385 e. The van der Waals surface area contributed by atoms with Gasteiger partial charge in [-0.3, -0.25) is 0 Å². The van der Waals surface area contributed by atoms with E-state index in [1.54, 1.807) is 0 Å². The summed E-state index contributed by atoms with van der Waals surface area (Å²) >= 11 is 11.8. The average molecular weight is 259 g/mol. The summed E-state index contributed by atoms with van der Waals surface area (Å²) in [6, 6.07) is 5.68. The molecule has 1 fully saturated rings. The second-order valence-corrected chi connectivity index (χ2v) is 5.02. The van der Waals surface area contributed by atoms with Crippen LogP contribution in [0.1, 0.15) is 12.8 Å². The summed E-state index contributed by atoms with van der Waals surface area (Å²) in [7, 11) is 0. The Bertz CT molecular complexity index is 349. The lowest BCUT2D eigenvalue weighted by atomic mass is 9.98. The van der Waals surface area contributed by atoms with Crippen molar-refractivity contribution in [1.82, 2.24) is 5.32 Å². The highest BCUT2D eigenvalue weighted by molar-refractivity contribution is 6.42. The Morgan fingerprint density at radius 3 is 2.62 bits per heavy atom. The number of nitrogens with one attached hydrogen (secondary N) is 2. The Morgan fingerprint density at radius 2 is 1.94 bits per heavy atom. The first-order valence-electron chi connectivity index (χ1n) is 5.65. The van der Waals surface area contributed by atoms with Crippen molar-refractivity contribution >= 4 is 28.9 Å². The van der Waals surface area contributed by atoms with Crippen molar-refractivity contribution in [3.63, 3.8) is 0 Å². The molecular weight excluding hydrogens is 243 g/mol. The second-order valence-electron chi connectivity index (χ2n) is 4.20. The van der Waals surface area contributed by atoms with Gasteiger partial charge in [-0.25, -0.2) is 0 Å². The number of benzene rings is 1. The first-order chi connectivity index (χ1) is 7.75. The zero-order valence-corrected chi connectivity index (χ0v) is 10.6. The van der Waals surface area contributed by atoms with Gasteiger partial charge in [-0.15, -0.1) is 0 Å². The van der Waals surface area contributed by atoms with Gasteiger partial charge < -0.3 is 10.6 Å². The minimum Gasteiger partial charge on any atom is -0.385 e. The van der Waals surface area contributed by atoms with E-state index in [1.807, 2.05) is 18.2 Å². The summed E-state index contributed by atoms with van der Waals surface area (Å²) < 4.78 is 0. The summed E-state index contributed by atoms with van der Waals surface area (Å²) in [6.07, 6.45) is 2.49. The maximum atomic E-state index is 5.95. The molecule has 1 aromatic rings. The van der Waals surface area contributed by atoms with E-state index < -0.39 is 0 Å². The van der Waals surface area contributed by atoms with Crippen LogP contribution in [-0.2, 0) is 0 Å². The van der Waals surface area contributed by atoms with Gasteiger partial charge >= 0.3 is 0 Å². The minimum absolute atomic E-state index is 0.606. The highest BCUT2D eigenvalue weighted by atomic mass is 35.5. The maximum absolute atomic E-state index is 5.95. The molecule has 1 aliphatic rings. The highest BCUT2D eigenvalue weighted by Crippen LogP contribution is 2.25. The van der Waals surface area contributed by atoms with Crippen molar-refractivity contribution in [3.8, 4) is 0 Å². The van der Waals surface area contributed by atoms with Crippen LogP contribution >= 0.6 is 23.2 Å². The van der Waals surface area contributed by atoms with Crippen molar-refractivity contribution in [2.24, 2.45) is 5.92 Å². The topological polar surface area (TPSA) is 24.1 Å². The Hall–Kier alpha value is -0.440. The summed E-state index contributed by atoms with van der Waals surface area (Å²) in [5.41, 5.74) is 1.05. The van der Waals surface area contributed by atoms with Crippen LogP contribution in [0.15, 0.2) is 18.2 Å². The lowest BCUT2D eigenvalue weighted by Crippen LogP contribution is -2.31. The van der Waals surface area contributed by atoms with Crippen LogP contribution in [0.5, 0.6) is 0 Å². The molecular formula is C12H16Cl2N2. The number of hydrogen-bond acceptors (Lipinski definition) is 2. The molecule has 1 aromatic carbocycles. The summed E-state index contributed by atoms with van der Waals surface area (Å²) in [4.78, 5) is 0. The monoisotopic (exact) mass is 258 g/mol. The number of anilines is 1. The van der Waals surface area contributed by atoms with Gasteiger partial charge in [-0.1, -0.05) is 23.2 Å². The third-order valence-corrected chi connectivity index (χ3v) is 3.71. The predicted molar refractivity (Wildman–Crippen MR) is 70.5 cm³/mol. The minimum atomic E-state index is 0.606. The molecule has 16 heavy (non-hydrogen) atoms. The van der Waals surface area contributed by atoms with Gasteiger partial charge in [-0.2, -0.15) is 0 Å². The predicted octanol–water partition coefficient (Wildman–Crippen LogP) is 3.40. The van der Waals surface area contributed by atoms with E-state index in [9.17, 15) is 0 Å². The fourth-order valence-electron chi connectivity index (χ4n) is 1.95. The van der Waals surface area contributed by atoms with Crippen molar-refractivity contribution in [3.05, 3.63) is 28.2 Å². The fraction of sp³-hybridized carbons (Fsp3) is 0.500. The Kier molecular flexibility index (Phi) is 4.33. The Morgan fingerprint density at radius 1 is 1.19 bits per heavy atom. The first-order valence-corrected chi connectivity index (χ1v) is 6.41. The van der Waals surface area contributed by atoms with Crippen molar-refractivity contribution in [2.45, 2.75) is 12.8 Å². The van der Waals surface area contributed by atoms with Gasteiger partial charge in [-0.05, 0) is 50.0 Å². The highest BCUT2D eigenvalue weighted by Gasteiger charge is 2.12. The van der Waals surface area contributed by atoms with Crippen LogP contribution in [0.2, 0.25) is 10.0 Å². The van der Waals surface area contributed by atoms with Crippen molar-refractivity contribution < 1.29 is 0 Å². The molecule has 0 aliphatic carbocycles. The number of halogens is 2. The van der Waals surface area contributed by atoms with Crippen LogP contribution in [0.25, 0.3) is 0 Å². The fourth-order valence-corrected chi connectivity index (χ4v) is 2.25. The molecule has 0 spiro atoms. The van der Waals surface area contributed by atoms with Gasteiger partial charge in [0.2, 0.25) is 0 Å². The molecule has 0 atom stereocenters. The lowest BCUT2D eigenvalue weighted by molar-refractivity contribution is 0.390. The van der Waals surface area contributed by atoms with Crippen molar-refractivity contribution in [2.75, 3.05) is 25.0 Å². The number of hydrogen-bond donors (Lipinski definition) is 2. The standard InChI is InChI=1S/C12H16Cl2N2/c13-11-2-1-10(7-12(11)14)16-8-9-3-5-15-6-4-9/h1-2,7,9,15-16H,3-6,8H2. The van der Waals surface area contributed by atoms with E-state index in [-0.39, 0.29) is 0 Å². The molecule has 2 nitrogen and oxygen atoms in total. The third-order valence-electron chi connectivity index (χ3n) is 2.97. The molecule has 2 rings (SSSR count). The summed E-state index contributed by atoms with van der Waals surface area (Å²) in [5, 5.41) is 7.99. The van der Waals surface area contributed by atoms with E-state index >= 15 is 0 Å². The second kappa shape index (κ2) is 5.76. The molecule has 88 valence electrons. The van der Waals surface area contributed by atoms with E-state index in [0.29, 0.717) is 10.0 Å². The normalized spacial score (nSPS) is 17.4. The van der Waals surface area contributed by atoms with Crippen LogP contribution < -0.4 is 10.6 Å². The lowest BCUT2D eigenvalue weighted by Gasteiger charge is -2.23. The molecule has 4 heteroatoms. The van der Waals surface area contributed by atoms with E-state index in [2.05, 4.69) is 10.6 Å². The summed E-state index contributed by atoms with van der Waals surface area (Å²) in [6.45, 7) is 3.28. The van der Waals surface area contributed by atoms with Crippen LogP contribution in [0.4, 0.5) is 5.69 Å². The molecule has 0 amide bonds. The molecule has 2 N–H and O–H groups in total. The summed E-state index contributed by atoms with van der Waals surface area (Å²) in [5.74, 6) is 0.760. The molecule has 1 aliphatic heterocycles. The van der Waals surface area contributed by atoms with Crippen molar-refractivity contribution in [1.29, 1.82) is 0 Å². The number of rotatable bonds is 3. The Balaban J connectivity index is 1.86. The first kappa shape index (κ1) is 12.0. The van der Waals surface area contributed by atoms with Gasteiger partial charge in [0, 0.05) is 12.2 Å². The molecule has 0 unspecified atom stereocenters. The van der Waals surface area contributed by atoms with Gasteiger partial charge in [0.1, 0.15) is 0 Å². The molecule has 1 saturated heterocycles. The van der Waals surface area contributed by atoms with E-state index in [4.69, 9.17) is 23.2 Å². The van der Waals surface area contributed by atoms with Crippen LogP contribution in [-0.4, -0.2) is 19.6 Å². The van der Waals surface area contributed by atoms with E-state index in [0.717, 1.165) is 31.2 Å². The Labute approximate surface area is 106 Å². The number of piperidine rings is 1. The zero-order valence-electron chi connectivity index (χ0n) is 9.10. The SMILES string of the molecule is Clc1ccc(NCC2CCNCC2)cc1Cl. The quantitative estimate of drug-likeness (QED) is 0.869. The molecule has 0 aromatic heterocycles. The average Bonchev–Trinajstić information content (AvgIpc) is 2.32. The molecule has 0 saturated carbocycles. The molecule has 1 heterocycles. The van der Waals surface area contributed by atoms with Crippen LogP contribution in [0.3, 0.4) is 0 Å². The van der Waals surface area contributed by atoms with Gasteiger partial charge in [0.05, 0.1) is 10.0 Å².